The quantitative estimate of drug-likeness (QED) is 0.789. The monoisotopic (exact) mass is 348 g/mol. The number of amides is 2. The summed E-state index contributed by atoms with van der Waals surface area (Å²) >= 11 is 5.78. The van der Waals surface area contributed by atoms with Crippen molar-refractivity contribution < 1.29 is 14.0 Å². The Kier molecular flexibility index (Phi) is 6.32. The molecule has 0 atom stereocenters. The number of carbonyl (C=O) groups is 2. The van der Waals surface area contributed by atoms with Gasteiger partial charge in [-0.25, -0.2) is 4.39 Å². The molecule has 0 saturated carbocycles. The van der Waals surface area contributed by atoms with Crippen LogP contribution in [-0.2, 0) is 11.2 Å². The Balaban J connectivity index is 1.72. The maximum atomic E-state index is 13.4. The molecule has 2 N–H and O–H groups in total. The topological polar surface area (TPSA) is 58.2 Å². The fraction of sp³-hybridized carbons (Fsp3) is 0.222. The second kappa shape index (κ2) is 8.45. The van der Waals surface area contributed by atoms with Gasteiger partial charge >= 0.3 is 0 Å². The lowest BCUT2D eigenvalue weighted by Gasteiger charge is -2.08. The zero-order valence-corrected chi connectivity index (χ0v) is 14.0. The summed E-state index contributed by atoms with van der Waals surface area (Å²) in [7, 11) is 0. The molecule has 0 saturated heterocycles. The molecule has 0 unspecified atom stereocenters. The van der Waals surface area contributed by atoms with Crippen LogP contribution in [0, 0.1) is 12.7 Å². The van der Waals surface area contributed by atoms with Gasteiger partial charge in [0, 0.05) is 23.7 Å². The largest absolute Gasteiger partial charge is 0.354 e. The van der Waals surface area contributed by atoms with Gasteiger partial charge in [0.1, 0.15) is 5.82 Å². The number of hydrogen-bond acceptors (Lipinski definition) is 2. The summed E-state index contributed by atoms with van der Waals surface area (Å²) in [5, 5.41) is 5.97. The van der Waals surface area contributed by atoms with E-state index >= 15 is 0 Å². The molecule has 0 heterocycles. The van der Waals surface area contributed by atoms with E-state index in [4.69, 9.17) is 11.6 Å². The minimum atomic E-state index is -0.418. The number of rotatable bonds is 6. The maximum Gasteiger partial charge on any atom is 0.251 e. The predicted octanol–water partition coefficient (Wildman–Crippen LogP) is 2.88. The number of benzene rings is 2. The Morgan fingerprint density at radius 1 is 1.04 bits per heavy atom. The fourth-order valence-electron chi connectivity index (χ4n) is 2.06. The molecule has 0 aliphatic rings. The summed E-state index contributed by atoms with van der Waals surface area (Å²) in [5.74, 6) is -0.937. The summed E-state index contributed by atoms with van der Waals surface area (Å²) < 4.78 is 13.4. The highest BCUT2D eigenvalue weighted by atomic mass is 35.5. The van der Waals surface area contributed by atoms with E-state index < -0.39 is 5.82 Å². The van der Waals surface area contributed by atoms with E-state index in [2.05, 4.69) is 10.6 Å². The highest BCUT2D eigenvalue weighted by Crippen LogP contribution is 2.10. The second-order valence-corrected chi connectivity index (χ2v) is 5.81. The molecular weight excluding hydrogens is 331 g/mol. The molecule has 4 nitrogen and oxygen atoms in total. The van der Waals surface area contributed by atoms with Crippen molar-refractivity contribution in [1.82, 2.24) is 10.6 Å². The fourth-order valence-corrected chi connectivity index (χ4v) is 2.19. The van der Waals surface area contributed by atoms with E-state index in [1.165, 1.54) is 6.07 Å². The van der Waals surface area contributed by atoms with Gasteiger partial charge in [-0.2, -0.15) is 0 Å². The van der Waals surface area contributed by atoms with Gasteiger partial charge in [0.15, 0.2) is 0 Å². The van der Waals surface area contributed by atoms with Crippen LogP contribution in [0.5, 0.6) is 0 Å². The molecule has 2 rings (SSSR count). The average Bonchev–Trinajstić information content (AvgIpc) is 2.56. The van der Waals surface area contributed by atoms with Gasteiger partial charge in [-0.05, 0) is 42.3 Å². The van der Waals surface area contributed by atoms with Crippen LogP contribution in [0.25, 0.3) is 0 Å². The number of halogens is 2. The molecule has 0 aliphatic heterocycles. The minimum absolute atomic E-state index is 0.145. The molecule has 2 amide bonds. The number of nitrogens with one attached hydrogen (secondary N) is 2. The predicted molar refractivity (Wildman–Crippen MR) is 91.6 cm³/mol. The van der Waals surface area contributed by atoms with Crippen molar-refractivity contribution in [3.8, 4) is 0 Å². The second-order valence-electron chi connectivity index (χ2n) is 5.37. The maximum absolute atomic E-state index is 13.4. The van der Waals surface area contributed by atoms with Gasteiger partial charge in [0.25, 0.3) is 5.91 Å². The van der Waals surface area contributed by atoms with E-state index in [1.54, 1.807) is 43.3 Å². The molecule has 6 heteroatoms. The van der Waals surface area contributed by atoms with Gasteiger partial charge in [-0.3, -0.25) is 9.59 Å². The molecule has 2 aromatic rings. The third-order valence-electron chi connectivity index (χ3n) is 3.44. The van der Waals surface area contributed by atoms with Crippen molar-refractivity contribution >= 4 is 23.4 Å². The molecule has 126 valence electrons. The van der Waals surface area contributed by atoms with E-state index in [1.807, 2.05) is 0 Å². The molecule has 0 aromatic heterocycles. The van der Waals surface area contributed by atoms with Crippen molar-refractivity contribution in [3.05, 3.63) is 70.0 Å². The summed E-state index contributed by atoms with van der Waals surface area (Å²) in [6, 6.07) is 11.3. The van der Waals surface area contributed by atoms with Crippen LogP contribution < -0.4 is 10.6 Å². The number of aryl methyl sites for hydroxylation is 1. The van der Waals surface area contributed by atoms with Gasteiger partial charge in [0.2, 0.25) is 5.91 Å². The van der Waals surface area contributed by atoms with Crippen LogP contribution in [0.15, 0.2) is 42.5 Å². The highest BCUT2D eigenvalue weighted by Gasteiger charge is 2.08. The van der Waals surface area contributed by atoms with Crippen LogP contribution >= 0.6 is 11.6 Å². The molecular formula is C18H18ClFN2O2. The van der Waals surface area contributed by atoms with Crippen LogP contribution in [0.2, 0.25) is 5.02 Å². The van der Waals surface area contributed by atoms with E-state index in [9.17, 15) is 14.0 Å². The lowest BCUT2D eigenvalue weighted by atomic mass is 10.1. The molecule has 0 bridgehead atoms. The van der Waals surface area contributed by atoms with Crippen LogP contribution in [-0.4, -0.2) is 24.9 Å². The van der Waals surface area contributed by atoms with E-state index in [-0.39, 0.29) is 30.3 Å². The van der Waals surface area contributed by atoms with Gasteiger partial charge in [-0.1, -0.05) is 29.8 Å². The van der Waals surface area contributed by atoms with Crippen molar-refractivity contribution in [3.63, 3.8) is 0 Å². The smallest absolute Gasteiger partial charge is 0.251 e. The van der Waals surface area contributed by atoms with Crippen molar-refractivity contribution in [2.75, 3.05) is 13.1 Å². The third kappa shape index (κ3) is 5.35. The Bertz CT molecular complexity index is 732. The first-order valence-electron chi connectivity index (χ1n) is 7.51. The SMILES string of the molecule is Cc1ccc(C(=O)NCCNC(=O)Cc2ccc(Cl)cc2)cc1F. The summed E-state index contributed by atoms with van der Waals surface area (Å²) in [4.78, 5) is 23.7. The Morgan fingerprint density at radius 3 is 2.38 bits per heavy atom. The van der Waals surface area contributed by atoms with Gasteiger partial charge < -0.3 is 10.6 Å². The van der Waals surface area contributed by atoms with Gasteiger partial charge in [-0.15, -0.1) is 0 Å². The molecule has 2 aromatic carbocycles. The lowest BCUT2D eigenvalue weighted by molar-refractivity contribution is -0.120. The average molecular weight is 349 g/mol. The molecule has 0 radical (unpaired) electrons. The van der Waals surface area contributed by atoms with Crippen molar-refractivity contribution in [2.24, 2.45) is 0 Å². The zero-order chi connectivity index (χ0) is 17.5. The molecule has 24 heavy (non-hydrogen) atoms. The van der Waals surface area contributed by atoms with E-state index in [0.717, 1.165) is 5.56 Å². The Labute approximate surface area is 145 Å². The first kappa shape index (κ1) is 17.9. The first-order valence-corrected chi connectivity index (χ1v) is 7.89. The first-order chi connectivity index (χ1) is 11.5. The zero-order valence-electron chi connectivity index (χ0n) is 13.2. The normalized spacial score (nSPS) is 10.3. The number of carbonyl (C=O) groups excluding carboxylic acids is 2. The van der Waals surface area contributed by atoms with Crippen molar-refractivity contribution in [1.29, 1.82) is 0 Å². The minimum Gasteiger partial charge on any atom is -0.354 e. The van der Waals surface area contributed by atoms with Crippen molar-refractivity contribution in [2.45, 2.75) is 13.3 Å². The summed E-state index contributed by atoms with van der Waals surface area (Å²) in [6.45, 7) is 2.19. The van der Waals surface area contributed by atoms with Crippen LogP contribution in [0.1, 0.15) is 21.5 Å². The standard InChI is InChI=1S/C18H18ClFN2O2/c1-12-2-5-14(11-16(12)20)18(24)22-9-8-21-17(23)10-13-3-6-15(19)7-4-13/h2-7,11H,8-10H2,1H3,(H,21,23)(H,22,24). The molecule has 0 spiro atoms. The molecule has 0 fully saturated rings. The van der Waals surface area contributed by atoms with E-state index in [0.29, 0.717) is 17.1 Å². The number of hydrogen-bond donors (Lipinski definition) is 2. The van der Waals surface area contributed by atoms with Crippen LogP contribution in [0.4, 0.5) is 4.39 Å². The highest BCUT2D eigenvalue weighted by molar-refractivity contribution is 6.30. The molecule has 0 aliphatic carbocycles. The summed E-state index contributed by atoms with van der Waals surface area (Å²) in [6.07, 6.45) is 0.244. The Morgan fingerprint density at radius 2 is 1.71 bits per heavy atom. The van der Waals surface area contributed by atoms with Crippen LogP contribution in [0.3, 0.4) is 0 Å². The van der Waals surface area contributed by atoms with Gasteiger partial charge in [0.05, 0.1) is 6.42 Å². The lowest BCUT2D eigenvalue weighted by Crippen LogP contribution is -2.35. The third-order valence-corrected chi connectivity index (χ3v) is 3.70. The Hall–Kier alpha value is -2.40. The summed E-state index contributed by atoms with van der Waals surface area (Å²) in [5.41, 5.74) is 1.60.